The maximum absolute atomic E-state index is 13.5. The van der Waals surface area contributed by atoms with Gasteiger partial charge in [-0.15, -0.1) is 0 Å². The normalized spacial score (nSPS) is 14.5. The summed E-state index contributed by atoms with van der Waals surface area (Å²) in [7, 11) is 0. The number of halogens is 1. The summed E-state index contributed by atoms with van der Waals surface area (Å²) in [6, 6.07) is 5.41. The lowest BCUT2D eigenvalue weighted by atomic mass is 10.0. The van der Waals surface area contributed by atoms with Crippen LogP contribution in [-0.4, -0.2) is 24.3 Å². The van der Waals surface area contributed by atoms with Crippen molar-refractivity contribution in [2.24, 2.45) is 5.73 Å². The quantitative estimate of drug-likeness (QED) is 0.696. The Labute approximate surface area is 108 Å². The molecule has 1 rings (SSSR count). The van der Waals surface area contributed by atoms with Crippen molar-refractivity contribution in [3.8, 4) is 0 Å². The van der Waals surface area contributed by atoms with Gasteiger partial charge in [-0.2, -0.15) is 0 Å². The molecule has 0 saturated carbocycles. The van der Waals surface area contributed by atoms with E-state index in [9.17, 15) is 4.39 Å². The zero-order valence-electron chi connectivity index (χ0n) is 11.1. The first-order valence-electron chi connectivity index (χ1n) is 6.41. The second-order valence-electron chi connectivity index (χ2n) is 4.73. The highest BCUT2D eigenvalue weighted by Gasteiger charge is 2.13. The Morgan fingerprint density at radius 1 is 1.44 bits per heavy atom. The minimum Gasteiger partial charge on any atom is -0.396 e. The molecule has 0 bridgehead atoms. The molecule has 0 amide bonds. The molecule has 102 valence electrons. The lowest BCUT2D eigenvalue weighted by molar-refractivity contribution is 0.274. The van der Waals surface area contributed by atoms with Crippen molar-refractivity contribution in [1.29, 1.82) is 0 Å². The molecule has 0 aliphatic carbocycles. The van der Waals surface area contributed by atoms with E-state index in [0.717, 1.165) is 18.4 Å². The fraction of sp³-hybridized carbons (Fsp3) is 0.571. The molecule has 0 aromatic heterocycles. The van der Waals surface area contributed by atoms with Crippen molar-refractivity contribution in [2.45, 2.75) is 38.8 Å². The second-order valence-corrected chi connectivity index (χ2v) is 4.73. The van der Waals surface area contributed by atoms with Gasteiger partial charge in [0.1, 0.15) is 5.82 Å². The fourth-order valence-corrected chi connectivity index (χ4v) is 1.95. The van der Waals surface area contributed by atoms with Crippen LogP contribution in [0.2, 0.25) is 0 Å². The largest absolute Gasteiger partial charge is 0.396 e. The topological polar surface area (TPSA) is 58.3 Å². The summed E-state index contributed by atoms with van der Waals surface area (Å²) in [4.78, 5) is 0. The summed E-state index contributed by atoms with van der Waals surface area (Å²) in [5.74, 6) is -0.198. The molecule has 2 atom stereocenters. The molecule has 0 radical (unpaired) electrons. The highest BCUT2D eigenvalue weighted by molar-refractivity contribution is 5.26. The van der Waals surface area contributed by atoms with E-state index in [2.05, 4.69) is 5.32 Å². The van der Waals surface area contributed by atoms with E-state index in [4.69, 9.17) is 10.8 Å². The number of hydrogen-bond donors (Lipinski definition) is 3. The zero-order chi connectivity index (χ0) is 13.5. The number of hydrogen-bond acceptors (Lipinski definition) is 3. The Morgan fingerprint density at radius 3 is 2.72 bits per heavy atom. The second kappa shape index (κ2) is 7.46. The van der Waals surface area contributed by atoms with Crippen LogP contribution < -0.4 is 11.1 Å². The van der Waals surface area contributed by atoms with Crippen molar-refractivity contribution < 1.29 is 9.50 Å². The van der Waals surface area contributed by atoms with E-state index < -0.39 is 0 Å². The van der Waals surface area contributed by atoms with Gasteiger partial charge in [0.15, 0.2) is 0 Å². The molecular formula is C14H23FN2O. The van der Waals surface area contributed by atoms with Crippen LogP contribution in [0.1, 0.15) is 36.9 Å². The van der Waals surface area contributed by atoms with Gasteiger partial charge in [-0.1, -0.05) is 12.1 Å². The highest BCUT2D eigenvalue weighted by Crippen LogP contribution is 2.17. The molecule has 0 aliphatic rings. The van der Waals surface area contributed by atoms with Crippen molar-refractivity contribution >= 4 is 0 Å². The van der Waals surface area contributed by atoms with Crippen molar-refractivity contribution in [2.75, 3.05) is 13.2 Å². The van der Waals surface area contributed by atoms with Crippen molar-refractivity contribution in [3.05, 3.63) is 35.1 Å². The predicted octanol–water partition coefficient (Wildman–Crippen LogP) is 1.88. The van der Waals surface area contributed by atoms with Crippen molar-refractivity contribution in [3.63, 3.8) is 0 Å². The van der Waals surface area contributed by atoms with Crippen LogP contribution in [0.3, 0.4) is 0 Å². The number of aryl methyl sites for hydroxylation is 1. The lowest BCUT2D eigenvalue weighted by Crippen LogP contribution is -2.35. The average Bonchev–Trinajstić information content (AvgIpc) is 2.37. The van der Waals surface area contributed by atoms with E-state index in [0.29, 0.717) is 12.1 Å². The number of rotatable bonds is 7. The Bertz CT molecular complexity index is 371. The van der Waals surface area contributed by atoms with E-state index in [-0.39, 0.29) is 24.5 Å². The van der Waals surface area contributed by atoms with E-state index in [1.165, 1.54) is 0 Å². The first-order chi connectivity index (χ1) is 8.58. The van der Waals surface area contributed by atoms with E-state index in [1.807, 2.05) is 13.0 Å². The van der Waals surface area contributed by atoms with Crippen LogP contribution in [0.5, 0.6) is 0 Å². The van der Waals surface area contributed by atoms with Crippen LogP contribution >= 0.6 is 0 Å². The number of nitrogens with two attached hydrogens (primary N) is 1. The third kappa shape index (κ3) is 4.37. The highest BCUT2D eigenvalue weighted by atomic mass is 19.1. The summed E-state index contributed by atoms with van der Waals surface area (Å²) in [6.07, 6.45) is 1.63. The average molecular weight is 254 g/mol. The monoisotopic (exact) mass is 254 g/mol. The molecule has 1 aromatic rings. The van der Waals surface area contributed by atoms with Gasteiger partial charge in [0.25, 0.3) is 0 Å². The molecule has 0 fully saturated rings. The molecule has 1 aromatic carbocycles. The molecule has 4 N–H and O–H groups in total. The molecule has 0 heterocycles. The third-order valence-electron chi connectivity index (χ3n) is 3.11. The van der Waals surface area contributed by atoms with Crippen molar-refractivity contribution in [1.82, 2.24) is 5.32 Å². The summed E-state index contributed by atoms with van der Waals surface area (Å²) < 4.78 is 13.5. The molecule has 4 heteroatoms. The Morgan fingerprint density at radius 2 is 2.17 bits per heavy atom. The third-order valence-corrected chi connectivity index (χ3v) is 3.11. The molecule has 18 heavy (non-hydrogen) atoms. The number of aliphatic hydroxyl groups is 1. The van der Waals surface area contributed by atoms with Gasteiger partial charge in [0, 0.05) is 25.2 Å². The van der Waals surface area contributed by atoms with Gasteiger partial charge in [0.2, 0.25) is 0 Å². The minimum atomic E-state index is -0.198. The molecule has 3 nitrogen and oxygen atoms in total. The van der Waals surface area contributed by atoms with Crippen LogP contribution in [0.15, 0.2) is 18.2 Å². The molecule has 0 spiro atoms. The van der Waals surface area contributed by atoms with Gasteiger partial charge in [-0.3, -0.25) is 0 Å². The van der Waals surface area contributed by atoms with Crippen LogP contribution in [-0.2, 0) is 0 Å². The van der Waals surface area contributed by atoms with E-state index >= 15 is 0 Å². The van der Waals surface area contributed by atoms with Gasteiger partial charge < -0.3 is 16.2 Å². The molecule has 2 unspecified atom stereocenters. The SMILES string of the molecule is Cc1ccc(C(CN)NC(C)CCCO)cc1F. The standard InChI is InChI=1S/C14H23FN2O/c1-10-5-6-12(8-13(10)15)14(9-16)17-11(2)4-3-7-18/h5-6,8,11,14,17-18H,3-4,7,9,16H2,1-2H3. The summed E-state index contributed by atoms with van der Waals surface area (Å²) in [5, 5.41) is 12.1. The first-order valence-corrected chi connectivity index (χ1v) is 6.41. The van der Waals surface area contributed by atoms with Crippen LogP contribution in [0, 0.1) is 12.7 Å². The molecule has 0 aliphatic heterocycles. The maximum atomic E-state index is 13.5. The van der Waals surface area contributed by atoms with Gasteiger partial charge in [-0.25, -0.2) is 4.39 Å². The maximum Gasteiger partial charge on any atom is 0.126 e. The predicted molar refractivity (Wildman–Crippen MR) is 71.8 cm³/mol. The van der Waals surface area contributed by atoms with Gasteiger partial charge in [-0.05, 0) is 43.9 Å². The van der Waals surface area contributed by atoms with Crippen LogP contribution in [0.25, 0.3) is 0 Å². The molecule has 0 saturated heterocycles. The smallest absolute Gasteiger partial charge is 0.126 e. The molecular weight excluding hydrogens is 231 g/mol. The lowest BCUT2D eigenvalue weighted by Gasteiger charge is -2.22. The van der Waals surface area contributed by atoms with Crippen LogP contribution in [0.4, 0.5) is 4.39 Å². The first kappa shape index (κ1) is 15.1. The Balaban J connectivity index is 2.67. The fourth-order valence-electron chi connectivity index (χ4n) is 1.95. The number of aliphatic hydroxyl groups excluding tert-OH is 1. The summed E-state index contributed by atoms with van der Waals surface area (Å²) in [5.41, 5.74) is 7.25. The minimum absolute atomic E-state index is 0.0474. The summed E-state index contributed by atoms with van der Waals surface area (Å²) >= 11 is 0. The van der Waals surface area contributed by atoms with Gasteiger partial charge >= 0.3 is 0 Å². The number of benzene rings is 1. The number of nitrogens with one attached hydrogen (secondary N) is 1. The summed E-state index contributed by atoms with van der Waals surface area (Å²) in [6.45, 7) is 4.40. The Hall–Kier alpha value is -0.970. The van der Waals surface area contributed by atoms with Gasteiger partial charge in [0.05, 0.1) is 0 Å². The van der Waals surface area contributed by atoms with E-state index in [1.54, 1.807) is 19.1 Å². The Kier molecular flexibility index (Phi) is 6.25. The zero-order valence-corrected chi connectivity index (χ0v) is 11.1.